The number of ether oxygens (including phenoxy) is 2. The molecule has 0 saturated carbocycles. The summed E-state index contributed by atoms with van der Waals surface area (Å²) in [6.07, 6.45) is 0. The molecular weight excluding hydrogens is 220 g/mol. The van der Waals surface area contributed by atoms with E-state index in [0.29, 0.717) is 13.2 Å². The van der Waals surface area contributed by atoms with Crippen LogP contribution in [0.2, 0.25) is 0 Å². The van der Waals surface area contributed by atoms with E-state index in [0.717, 1.165) is 11.4 Å². The first kappa shape index (κ1) is 11.9. The normalized spacial score (nSPS) is 20.5. The molecule has 5 heteroatoms. The number of carbonyl (C=O) groups excluding carboxylic acids is 1. The molecule has 1 unspecified atom stereocenters. The van der Waals surface area contributed by atoms with Crippen molar-refractivity contribution in [2.24, 2.45) is 5.73 Å². The highest BCUT2D eigenvalue weighted by Gasteiger charge is 2.28. The molecule has 0 spiro atoms. The van der Waals surface area contributed by atoms with Gasteiger partial charge in [0.2, 0.25) is 0 Å². The summed E-state index contributed by atoms with van der Waals surface area (Å²) < 4.78 is 10.3. The van der Waals surface area contributed by atoms with Crippen LogP contribution in [0, 0.1) is 0 Å². The van der Waals surface area contributed by atoms with Gasteiger partial charge in [-0.2, -0.15) is 0 Å². The highest BCUT2D eigenvalue weighted by molar-refractivity contribution is 5.95. The van der Waals surface area contributed by atoms with Crippen LogP contribution in [0.25, 0.3) is 0 Å². The average molecular weight is 236 g/mol. The number of hydrogen-bond donors (Lipinski definition) is 1. The number of nitrogens with two attached hydrogens (primary N) is 1. The second kappa shape index (κ2) is 5.16. The number of nitrogens with zero attached hydrogens (tertiary/aromatic N) is 1. The molecule has 1 aliphatic rings. The number of morpholine rings is 1. The average Bonchev–Trinajstić information content (AvgIpc) is 2.38. The minimum atomic E-state index is -0.0929. The van der Waals surface area contributed by atoms with Gasteiger partial charge in [-0.3, -0.25) is 4.79 Å². The van der Waals surface area contributed by atoms with Crippen molar-refractivity contribution in [2.45, 2.75) is 6.04 Å². The van der Waals surface area contributed by atoms with E-state index >= 15 is 0 Å². The first-order valence-electron chi connectivity index (χ1n) is 5.50. The monoisotopic (exact) mass is 236 g/mol. The van der Waals surface area contributed by atoms with E-state index in [-0.39, 0.29) is 18.6 Å². The van der Waals surface area contributed by atoms with Crippen LogP contribution in [-0.2, 0) is 9.53 Å². The van der Waals surface area contributed by atoms with Gasteiger partial charge in [-0.25, -0.2) is 0 Å². The molecule has 1 aromatic carbocycles. The number of anilines is 1. The van der Waals surface area contributed by atoms with E-state index in [1.807, 2.05) is 24.3 Å². The number of benzene rings is 1. The summed E-state index contributed by atoms with van der Waals surface area (Å²) in [5, 5.41) is 0. The van der Waals surface area contributed by atoms with Crippen LogP contribution in [0.5, 0.6) is 5.75 Å². The lowest BCUT2D eigenvalue weighted by Crippen LogP contribution is -2.53. The molecule has 1 amide bonds. The van der Waals surface area contributed by atoms with Crippen LogP contribution < -0.4 is 15.4 Å². The van der Waals surface area contributed by atoms with Gasteiger partial charge in [0.15, 0.2) is 0 Å². The molecule has 1 fully saturated rings. The standard InChI is InChI=1S/C12H16N2O3/c1-16-11-4-2-9(3-5-11)14-10(6-13)7-17-8-12(14)15/h2-5,10H,6-8,13H2,1H3. The van der Waals surface area contributed by atoms with Crippen molar-refractivity contribution in [1.82, 2.24) is 0 Å². The first-order valence-corrected chi connectivity index (χ1v) is 5.50. The number of rotatable bonds is 3. The van der Waals surface area contributed by atoms with Crippen molar-refractivity contribution in [3.63, 3.8) is 0 Å². The molecule has 0 bridgehead atoms. The third-order valence-corrected chi connectivity index (χ3v) is 2.79. The van der Waals surface area contributed by atoms with E-state index < -0.39 is 0 Å². The molecule has 0 radical (unpaired) electrons. The molecule has 1 saturated heterocycles. The Labute approximate surface area is 100 Å². The van der Waals surface area contributed by atoms with E-state index in [1.165, 1.54) is 0 Å². The zero-order valence-corrected chi connectivity index (χ0v) is 9.76. The van der Waals surface area contributed by atoms with Crippen molar-refractivity contribution in [3.8, 4) is 5.75 Å². The number of amides is 1. The Kier molecular flexibility index (Phi) is 3.61. The predicted octanol–water partition coefficient (Wildman–Crippen LogP) is 0.386. The zero-order chi connectivity index (χ0) is 12.3. The van der Waals surface area contributed by atoms with Crippen LogP contribution in [0.3, 0.4) is 0 Å². The Hall–Kier alpha value is -1.59. The molecule has 2 rings (SSSR count). The van der Waals surface area contributed by atoms with Gasteiger partial charge in [-0.1, -0.05) is 0 Å². The van der Waals surface area contributed by atoms with Crippen molar-refractivity contribution in [2.75, 3.05) is 31.8 Å². The fraction of sp³-hybridized carbons (Fsp3) is 0.417. The Morgan fingerprint density at radius 2 is 2.18 bits per heavy atom. The largest absolute Gasteiger partial charge is 0.497 e. The van der Waals surface area contributed by atoms with Crippen molar-refractivity contribution in [1.29, 1.82) is 0 Å². The molecule has 1 heterocycles. The summed E-state index contributed by atoms with van der Waals surface area (Å²) in [4.78, 5) is 13.5. The summed E-state index contributed by atoms with van der Waals surface area (Å²) >= 11 is 0. The lowest BCUT2D eigenvalue weighted by molar-refractivity contribution is -0.127. The summed E-state index contributed by atoms with van der Waals surface area (Å²) in [6.45, 7) is 0.981. The maximum Gasteiger partial charge on any atom is 0.253 e. The Morgan fingerprint density at radius 1 is 1.47 bits per heavy atom. The molecule has 0 aliphatic carbocycles. The third kappa shape index (κ3) is 2.40. The molecule has 5 nitrogen and oxygen atoms in total. The second-order valence-electron chi connectivity index (χ2n) is 3.87. The summed E-state index contributed by atoms with van der Waals surface area (Å²) in [5.41, 5.74) is 6.48. The molecular formula is C12H16N2O3. The topological polar surface area (TPSA) is 64.8 Å². The van der Waals surface area contributed by atoms with E-state index in [1.54, 1.807) is 12.0 Å². The smallest absolute Gasteiger partial charge is 0.253 e. The second-order valence-corrected chi connectivity index (χ2v) is 3.87. The minimum Gasteiger partial charge on any atom is -0.497 e. The highest BCUT2D eigenvalue weighted by Crippen LogP contribution is 2.23. The van der Waals surface area contributed by atoms with Gasteiger partial charge in [0.05, 0.1) is 19.8 Å². The molecule has 1 aliphatic heterocycles. The lowest BCUT2D eigenvalue weighted by atomic mass is 10.2. The predicted molar refractivity (Wildman–Crippen MR) is 64.1 cm³/mol. The van der Waals surface area contributed by atoms with E-state index in [2.05, 4.69) is 0 Å². The van der Waals surface area contributed by atoms with Gasteiger partial charge in [0.1, 0.15) is 12.4 Å². The van der Waals surface area contributed by atoms with Gasteiger partial charge in [0, 0.05) is 12.2 Å². The molecule has 1 atom stereocenters. The van der Waals surface area contributed by atoms with Crippen LogP contribution in [0.15, 0.2) is 24.3 Å². The highest BCUT2D eigenvalue weighted by atomic mass is 16.5. The summed E-state index contributed by atoms with van der Waals surface area (Å²) in [5.74, 6) is 0.704. The van der Waals surface area contributed by atoms with Gasteiger partial charge in [-0.05, 0) is 24.3 Å². The van der Waals surface area contributed by atoms with Crippen LogP contribution in [-0.4, -0.2) is 38.8 Å². The SMILES string of the molecule is COc1ccc(N2C(=O)COCC2CN)cc1. The third-order valence-electron chi connectivity index (χ3n) is 2.79. The van der Waals surface area contributed by atoms with Gasteiger partial charge >= 0.3 is 0 Å². The maximum absolute atomic E-state index is 11.8. The molecule has 17 heavy (non-hydrogen) atoms. The van der Waals surface area contributed by atoms with Crippen molar-refractivity contribution in [3.05, 3.63) is 24.3 Å². The first-order chi connectivity index (χ1) is 8.26. The fourth-order valence-electron chi connectivity index (χ4n) is 1.90. The summed E-state index contributed by atoms with van der Waals surface area (Å²) in [6, 6.07) is 7.26. The van der Waals surface area contributed by atoms with Gasteiger partial charge in [0.25, 0.3) is 5.91 Å². The molecule has 0 aromatic heterocycles. The molecule has 1 aromatic rings. The van der Waals surface area contributed by atoms with Crippen LogP contribution in [0.4, 0.5) is 5.69 Å². The quantitative estimate of drug-likeness (QED) is 0.824. The maximum atomic E-state index is 11.8. The van der Waals surface area contributed by atoms with Crippen molar-refractivity contribution < 1.29 is 14.3 Å². The number of hydrogen-bond acceptors (Lipinski definition) is 4. The van der Waals surface area contributed by atoms with Gasteiger partial charge < -0.3 is 20.1 Å². The molecule has 2 N–H and O–H groups in total. The van der Waals surface area contributed by atoms with Crippen LogP contribution >= 0.6 is 0 Å². The Morgan fingerprint density at radius 3 is 2.76 bits per heavy atom. The Bertz CT molecular complexity index is 391. The van der Waals surface area contributed by atoms with Crippen LogP contribution in [0.1, 0.15) is 0 Å². The fourth-order valence-corrected chi connectivity index (χ4v) is 1.90. The number of carbonyl (C=O) groups is 1. The Balaban J connectivity index is 2.25. The molecule has 92 valence electrons. The van der Waals surface area contributed by atoms with E-state index in [4.69, 9.17) is 15.2 Å². The van der Waals surface area contributed by atoms with E-state index in [9.17, 15) is 4.79 Å². The summed E-state index contributed by atoms with van der Waals surface area (Å²) in [7, 11) is 1.61. The zero-order valence-electron chi connectivity index (χ0n) is 9.76. The number of methoxy groups -OCH3 is 1. The minimum absolute atomic E-state index is 0.0585. The lowest BCUT2D eigenvalue weighted by Gasteiger charge is -2.34. The van der Waals surface area contributed by atoms with Crippen molar-refractivity contribution >= 4 is 11.6 Å². The van der Waals surface area contributed by atoms with Gasteiger partial charge in [-0.15, -0.1) is 0 Å².